The monoisotopic (exact) mass is 171 g/mol. The Hall–Kier alpha value is -0.770. The zero-order valence-corrected chi connectivity index (χ0v) is 7.29. The third kappa shape index (κ3) is 3.09. The molecule has 0 radical (unpaired) electrons. The van der Waals surface area contributed by atoms with Gasteiger partial charge in [0.25, 0.3) is 0 Å². The van der Waals surface area contributed by atoms with Crippen LogP contribution >= 0.6 is 0 Å². The molecule has 1 saturated carbocycles. The van der Waals surface area contributed by atoms with Crippen molar-refractivity contribution in [3.63, 3.8) is 0 Å². The highest BCUT2D eigenvalue weighted by Gasteiger charge is 2.12. The first-order valence-electron chi connectivity index (χ1n) is 4.52. The first-order valence-corrected chi connectivity index (χ1v) is 4.52. The third-order valence-corrected chi connectivity index (χ3v) is 2.31. The van der Waals surface area contributed by atoms with Crippen LogP contribution in [0.2, 0.25) is 0 Å². The van der Waals surface area contributed by atoms with Gasteiger partial charge in [0.15, 0.2) is 5.84 Å². The van der Waals surface area contributed by atoms with Crippen LogP contribution in [-0.2, 0) is 0 Å². The van der Waals surface area contributed by atoms with Crippen molar-refractivity contribution in [3.8, 4) is 0 Å². The smallest absolute Gasteiger partial charge is 0.153 e. The average molecular weight is 171 g/mol. The summed E-state index contributed by atoms with van der Waals surface area (Å²) in [5, 5.41) is 14.4. The molecule has 70 valence electrons. The van der Waals surface area contributed by atoms with Gasteiger partial charge in [-0.3, -0.25) is 0 Å². The lowest BCUT2D eigenvalue weighted by Gasteiger charge is -2.22. The SMILES string of the molecule is NC(CNC1CCCCC1)=NO. The zero-order valence-electron chi connectivity index (χ0n) is 7.29. The predicted molar refractivity (Wildman–Crippen MR) is 48.3 cm³/mol. The maximum Gasteiger partial charge on any atom is 0.153 e. The van der Waals surface area contributed by atoms with Crippen LogP contribution in [0.5, 0.6) is 0 Å². The second-order valence-corrected chi connectivity index (χ2v) is 3.31. The largest absolute Gasteiger partial charge is 0.409 e. The molecule has 0 amide bonds. The highest BCUT2D eigenvalue weighted by atomic mass is 16.4. The van der Waals surface area contributed by atoms with Crippen LogP contribution in [0.1, 0.15) is 32.1 Å². The zero-order chi connectivity index (χ0) is 8.81. The van der Waals surface area contributed by atoms with E-state index in [9.17, 15) is 0 Å². The van der Waals surface area contributed by atoms with Crippen LogP contribution < -0.4 is 11.1 Å². The molecule has 1 aliphatic carbocycles. The van der Waals surface area contributed by atoms with Gasteiger partial charge in [-0.15, -0.1) is 0 Å². The molecule has 0 heterocycles. The van der Waals surface area contributed by atoms with E-state index in [1.807, 2.05) is 0 Å². The number of amidine groups is 1. The second kappa shape index (κ2) is 4.98. The van der Waals surface area contributed by atoms with E-state index in [1.54, 1.807) is 0 Å². The molecule has 1 rings (SSSR count). The average Bonchev–Trinajstić information content (AvgIpc) is 2.16. The summed E-state index contributed by atoms with van der Waals surface area (Å²) in [4.78, 5) is 0. The molecular formula is C8H17N3O. The minimum Gasteiger partial charge on any atom is -0.409 e. The van der Waals surface area contributed by atoms with Crippen molar-refractivity contribution in [2.45, 2.75) is 38.1 Å². The van der Waals surface area contributed by atoms with E-state index in [0.29, 0.717) is 12.6 Å². The van der Waals surface area contributed by atoms with Gasteiger partial charge in [0.2, 0.25) is 0 Å². The van der Waals surface area contributed by atoms with Crippen LogP contribution in [0.3, 0.4) is 0 Å². The van der Waals surface area contributed by atoms with Crippen LogP contribution in [0.15, 0.2) is 5.16 Å². The van der Waals surface area contributed by atoms with Gasteiger partial charge in [0.1, 0.15) is 0 Å². The Morgan fingerprint density at radius 2 is 2.08 bits per heavy atom. The molecule has 0 aromatic heterocycles. The Kier molecular flexibility index (Phi) is 3.87. The van der Waals surface area contributed by atoms with Crippen molar-refractivity contribution in [3.05, 3.63) is 0 Å². The van der Waals surface area contributed by atoms with Crippen LogP contribution in [-0.4, -0.2) is 23.6 Å². The lowest BCUT2D eigenvalue weighted by Crippen LogP contribution is -2.37. The van der Waals surface area contributed by atoms with Gasteiger partial charge in [0, 0.05) is 6.04 Å². The Labute approximate surface area is 72.8 Å². The number of rotatable bonds is 3. The fourth-order valence-electron chi connectivity index (χ4n) is 1.59. The van der Waals surface area contributed by atoms with Crippen molar-refractivity contribution in [1.82, 2.24) is 5.32 Å². The Balaban J connectivity index is 2.13. The number of nitrogens with zero attached hydrogens (tertiary/aromatic N) is 1. The van der Waals surface area contributed by atoms with Gasteiger partial charge in [-0.25, -0.2) is 0 Å². The molecule has 0 spiro atoms. The quantitative estimate of drug-likeness (QED) is 0.253. The first-order chi connectivity index (χ1) is 5.83. The summed E-state index contributed by atoms with van der Waals surface area (Å²) in [5.41, 5.74) is 5.33. The molecule has 12 heavy (non-hydrogen) atoms. The molecule has 0 bridgehead atoms. The van der Waals surface area contributed by atoms with Gasteiger partial charge in [-0.05, 0) is 12.8 Å². The maximum absolute atomic E-state index is 8.29. The summed E-state index contributed by atoms with van der Waals surface area (Å²) in [6, 6.07) is 0.569. The van der Waals surface area contributed by atoms with E-state index in [4.69, 9.17) is 10.9 Å². The first kappa shape index (κ1) is 9.32. The number of hydrogen-bond donors (Lipinski definition) is 3. The van der Waals surface area contributed by atoms with Gasteiger partial charge in [-0.2, -0.15) is 0 Å². The predicted octanol–water partition coefficient (Wildman–Crippen LogP) is 0.655. The molecule has 4 heteroatoms. The number of nitrogens with one attached hydrogen (secondary N) is 1. The summed E-state index contributed by atoms with van der Waals surface area (Å²) < 4.78 is 0. The summed E-state index contributed by atoms with van der Waals surface area (Å²) in [6.07, 6.45) is 6.39. The standard InChI is InChI=1S/C8H17N3O/c9-8(11-12)6-10-7-4-2-1-3-5-7/h7,10,12H,1-6H2,(H2,9,11). The Morgan fingerprint density at radius 3 is 2.67 bits per heavy atom. The summed E-state index contributed by atoms with van der Waals surface area (Å²) in [7, 11) is 0. The van der Waals surface area contributed by atoms with E-state index >= 15 is 0 Å². The topological polar surface area (TPSA) is 70.6 Å². The molecule has 4 nitrogen and oxygen atoms in total. The molecule has 0 atom stereocenters. The molecule has 0 unspecified atom stereocenters. The van der Waals surface area contributed by atoms with Gasteiger partial charge in [-0.1, -0.05) is 24.4 Å². The van der Waals surface area contributed by atoms with Gasteiger partial charge < -0.3 is 16.3 Å². The van der Waals surface area contributed by atoms with Crippen LogP contribution in [0, 0.1) is 0 Å². The molecule has 0 saturated heterocycles. The lowest BCUT2D eigenvalue weighted by atomic mass is 9.95. The molecule has 1 aliphatic rings. The summed E-state index contributed by atoms with van der Waals surface area (Å²) in [6.45, 7) is 0.501. The van der Waals surface area contributed by atoms with Crippen LogP contribution in [0.4, 0.5) is 0 Å². The van der Waals surface area contributed by atoms with Gasteiger partial charge in [0.05, 0.1) is 6.54 Å². The van der Waals surface area contributed by atoms with E-state index in [2.05, 4.69) is 10.5 Å². The van der Waals surface area contributed by atoms with Crippen LogP contribution in [0.25, 0.3) is 0 Å². The van der Waals surface area contributed by atoms with Crippen molar-refractivity contribution in [2.24, 2.45) is 10.9 Å². The number of nitrogens with two attached hydrogens (primary N) is 1. The molecule has 0 aromatic rings. The van der Waals surface area contributed by atoms with Crippen molar-refractivity contribution in [2.75, 3.05) is 6.54 Å². The van der Waals surface area contributed by atoms with Crippen molar-refractivity contribution < 1.29 is 5.21 Å². The molecule has 1 fully saturated rings. The fourth-order valence-corrected chi connectivity index (χ4v) is 1.59. The van der Waals surface area contributed by atoms with Crippen molar-refractivity contribution >= 4 is 5.84 Å². The summed E-state index contributed by atoms with van der Waals surface area (Å²) >= 11 is 0. The fraction of sp³-hybridized carbons (Fsp3) is 0.875. The van der Waals surface area contributed by atoms with Gasteiger partial charge >= 0.3 is 0 Å². The highest BCUT2D eigenvalue weighted by Crippen LogP contribution is 2.16. The van der Waals surface area contributed by atoms with E-state index in [1.165, 1.54) is 32.1 Å². The molecule has 4 N–H and O–H groups in total. The molecular weight excluding hydrogens is 154 g/mol. The van der Waals surface area contributed by atoms with Crippen molar-refractivity contribution in [1.29, 1.82) is 0 Å². The minimum atomic E-state index is 0.264. The highest BCUT2D eigenvalue weighted by molar-refractivity contribution is 5.81. The Bertz CT molecular complexity index is 152. The number of oxime groups is 1. The van der Waals surface area contributed by atoms with E-state index in [0.717, 1.165) is 0 Å². The third-order valence-electron chi connectivity index (χ3n) is 2.31. The Morgan fingerprint density at radius 1 is 1.42 bits per heavy atom. The summed E-state index contributed by atoms with van der Waals surface area (Å²) in [5.74, 6) is 0.264. The molecule has 0 aromatic carbocycles. The van der Waals surface area contributed by atoms with E-state index in [-0.39, 0.29) is 5.84 Å². The lowest BCUT2D eigenvalue weighted by molar-refractivity contribution is 0.315. The second-order valence-electron chi connectivity index (χ2n) is 3.31. The minimum absolute atomic E-state index is 0.264. The normalized spacial score (nSPS) is 21.2. The molecule has 0 aliphatic heterocycles. The van der Waals surface area contributed by atoms with E-state index < -0.39 is 0 Å². The number of hydrogen-bond acceptors (Lipinski definition) is 3. The maximum atomic E-state index is 8.29.